The first-order chi connectivity index (χ1) is 9.79. The minimum atomic E-state index is -4.50. The van der Waals surface area contributed by atoms with Crippen molar-refractivity contribution in [2.45, 2.75) is 26.1 Å². The van der Waals surface area contributed by atoms with Gasteiger partial charge < -0.3 is 10.5 Å². The molecule has 1 atom stereocenters. The third kappa shape index (κ3) is 3.67. The summed E-state index contributed by atoms with van der Waals surface area (Å²) in [6, 6.07) is 8.23. The van der Waals surface area contributed by atoms with Gasteiger partial charge in [-0.1, -0.05) is 38.1 Å². The molecule has 0 amide bonds. The highest BCUT2D eigenvalue weighted by Gasteiger charge is 2.39. The van der Waals surface area contributed by atoms with Crippen molar-refractivity contribution in [3.63, 3.8) is 0 Å². The summed E-state index contributed by atoms with van der Waals surface area (Å²) >= 11 is 0. The highest BCUT2D eigenvalue weighted by Crippen LogP contribution is 2.37. The van der Waals surface area contributed by atoms with Crippen molar-refractivity contribution in [1.82, 2.24) is 0 Å². The van der Waals surface area contributed by atoms with Crippen molar-refractivity contribution >= 4 is 10.8 Å². The van der Waals surface area contributed by atoms with Gasteiger partial charge in [0.25, 0.3) is 0 Å². The fourth-order valence-electron chi connectivity index (χ4n) is 2.04. The number of hydrogen-bond donors (Lipinski definition) is 1. The van der Waals surface area contributed by atoms with Crippen LogP contribution in [0.15, 0.2) is 36.4 Å². The Morgan fingerprint density at radius 3 is 2.19 bits per heavy atom. The molecule has 0 saturated heterocycles. The SMILES string of the molecule is CC(C)COc1cc2ccccc2cc1[C@H](N)C(F)(F)F. The van der Waals surface area contributed by atoms with Gasteiger partial charge in [0, 0.05) is 5.56 Å². The molecule has 2 aromatic rings. The van der Waals surface area contributed by atoms with Crippen LogP contribution in [0.3, 0.4) is 0 Å². The van der Waals surface area contributed by atoms with Gasteiger partial charge in [-0.05, 0) is 28.8 Å². The van der Waals surface area contributed by atoms with Gasteiger partial charge in [-0.25, -0.2) is 0 Å². The number of halogens is 3. The first kappa shape index (κ1) is 15.6. The molecule has 0 radical (unpaired) electrons. The van der Waals surface area contributed by atoms with E-state index in [0.717, 1.165) is 5.39 Å². The Labute approximate surface area is 121 Å². The summed E-state index contributed by atoms with van der Waals surface area (Å²) in [6.07, 6.45) is -4.50. The van der Waals surface area contributed by atoms with E-state index < -0.39 is 12.2 Å². The molecule has 0 heterocycles. The summed E-state index contributed by atoms with van der Waals surface area (Å²) < 4.78 is 44.3. The van der Waals surface area contributed by atoms with Crippen LogP contribution in [0.4, 0.5) is 13.2 Å². The summed E-state index contributed by atoms with van der Waals surface area (Å²) in [5, 5.41) is 1.54. The van der Waals surface area contributed by atoms with E-state index in [4.69, 9.17) is 10.5 Å². The third-order valence-electron chi connectivity index (χ3n) is 3.14. The van der Waals surface area contributed by atoms with Gasteiger partial charge >= 0.3 is 6.18 Å². The maximum atomic E-state index is 12.9. The molecular formula is C16H18F3NO. The van der Waals surface area contributed by atoms with Gasteiger partial charge in [-0.3, -0.25) is 0 Å². The molecule has 0 aromatic heterocycles. The maximum absolute atomic E-state index is 12.9. The molecule has 0 aliphatic heterocycles. The summed E-state index contributed by atoms with van der Waals surface area (Å²) in [5.41, 5.74) is 5.34. The van der Waals surface area contributed by atoms with Gasteiger partial charge in [0.05, 0.1) is 6.61 Å². The van der Waals surface area contributed by atoms with E-state index in [1.165, 1.54) is 6.07 Å². The largest absolute Gasteiger partial charge is 0.493 e. The number of nitrogens with two attached hydrogens (primary N) is 1. The average Bonchev–Trinajstić information content (AvgIpc) is 2.42. The van der Waals surface area contributed by atoms with Crippen LogP contribution >= 0.6 is 0 Å². The molecule has 0 bridgehead atoms. The number of alkyl halides is 3. The fraction of sp³-hybridized carbons (Fsp3) is 0.375. The molecule has 5 heteroatoms. The Balaban J connectivity index is 2.50. The number of ether oxygens (including phenoxy) is 1. The first-order valence-corrected chi connectivity index (χ1v) is 6.77. The standard InChI is InChI=1S/C16H18F3NO/c1-10(2)9-21-14-8-12-6-4-3-5-11(12)7-13(14)15(20)16(17,18)19/h3-8,10,15H,9,20H2,1-2H3/t15-/m0/s1. The van der Waals surface area contributed by atoms with Crippen LogP contribution in [-0.4, -0.2) is 12.8 Å². The summed E-state index contributed by atoms with van der Waals surface area (Å²) in [4.78, 5) is 0. The van der Waals surface area contributed by atoms with Crippen molar-refractivity contribution in [3.8, 4) is 5.75 Å². The predicted octanol–water partition coefficient (Wildman–Crippen LogP) is 4.44. The lowest BCUT2D eigenvalue weighted by Gasteiger charge is -2.21. The minimum absolute atomic E-state index is 0.0261. The maximum Gasteiger partial charge on any atom is 0.407 e. The minimum Gasteiger partial charge on any atom is -0.493 e. The summed E-state index contributed by atoms with van der Waals surface area (Å²) in [5.74, 6) is 0.415. The molecule has 0 saturated carbocycles. The van der Waals surface area contributed by atoms with Crippen LogP contribution < -0.4 is 10.5 Å². The predicted molar refractivity (Wildman–Crippen MR) is 77.3 cm³/mol. The summed E-state index contributed by atoms with van der Waals surface area (Å²) in [7, 11) is 0. The third-order valence-corrected chi connectivity index (χ3v) is 3.14. The van der Waals surface area contributed by atoms with Crippen molar-refractivity contribution < 1.29 is 17.9 Å². The van der Waals surface area contributed by atoms with Crippen LogP contribution in [0.5, 0.6) is 5.75 Å². The molecule has 21 heavy (non-hydrogen) atoms. The molecule has 2 nitrogen and oxygen atoms in total. The number of benzene rings is 2. The Morgan fingerprint density at radius 1 is 1.10 bits per heavy atom. The smallest absolute Gasteiger partial charge is 0.407 e. The van der Waals surface area contributed by atoms with E-state index >= 15 is 0 Å². The quantitative estimate of drug-likeness (QED) is 0.905. The van der Waals surface area contributed by atoms with Gasteiger partial charge in [0.1, 0.15) is 11.8 Å². The topological polar surface area (TPSA) is 35.2 Å². The van der Waals surface area contributed by atoms with Crippen LogP contribution in [0, 0.1) is 5.92 Å². The van der Waals surface area contributed by atoms with Gasteiger partial charge in [-0.15, -0.1) is 0 Å². The van der Waals surface area contributed by atoms with E-state index in [0.29, 0.717) is 12.0 Å². The van der Waals surface area contributed by atoms with Crippen molar-refractivity contribution in [2.75, 3.05) is 6.61 Å². The lowest BCUT2D eigenvalue weighted by Crippen LogP contribution is -2.29. The zero-order valence-electron chi connectivity index (χ0n) is 11.9. The van der Waals surface area contributed by atoms with Crippen molar-refractivity contribution in [3.05, 3.63) is 42.0 Å². The molecule has 2 aromatic carbocycles. The summed E-state index contributed by atoms with van der Waals surface area (Å²) in [6.45, 7) is 4.21. The zero-order chi connectivity index (χ0) is 15.6. The molecule has 0 unspecified atom stereocenters. The molecule has 2 rings (SSSR count). The second-order valence-corrected chi connectivity index (χ2v) is 5.46. The van der Waals surface area contributed by atoms with Gasteiger partial charge in [-0.2, -0.15) is 13.2 Å². The Bertz CT molecular complexity index is 622. The number of hydrogen-bond acceptors (Lipinski definition) is 2. The lowest BCUT2D eigenvalue weighted by atomic mass is 10.0. The number of rotatable bonds is 4. The van der Waals surface area contributed by atoms with E-state index in [9.17, 15) is 13.2 Å². The monoisotopic (exact) mass is 297 g/mol. The molecular weight excluding hydrogens is 279 g/mol. The second kappa shape index (κ2) is 5.93. The molecule has 0 spiro atoms. The molecule has 0 fully saturated rings. The van der Waals surface area contributed by atoms with E-state index in [1.807, 2.05) is 26.0 Å². The van der Waals surface area contributed by atoms with E-state index in [1.54, 1.807) is 18.2 Å². The Kier molecular flexibility index (Phi) is 4.42. The van der Waals surface area contributed by atoms with Crippen LogP contribution in [0.2, 0.25) is 0 Å². The molecule has 0 aliphatic rings. The molecule has 2 N–H and O–H groups in total. The normalized spacial score (nSPS) is 13.7. The van der Waals surface area contributed by atoms with Crippen LogP contribution in [-0.2, 0) is 0 Å². The Morgan fingerprint density at radius 2 is 1.67 bits per heavy atom. The highest BCUT2D eigenvalue weighted by molar-refractivity contribution is 5.85. The van der Waals surface area contributed by atoms with Crippen molar-refractivity contribution in [1.29, 1.82) is 0 Å². The van der Waals surface area contributed by atoms with Crippen LogP contribution in [0.1, 0.15) is 25.5 Å². The fourth-order valence-corrected chi connectivity index (χ4v) is 2.04. The highest BCUT2D eigenvalue weighted by atomic mass is 19.4. The van der Waals surface area contributed by atoms with Crippen LogP contribution in [0.25, 0.3) is 10.8 Å². The average molecular weight is 297 g/mol. The first-order valence-electron chi connectivity index (χ1n) is 6.77. The van der Waals surface area contributed by atoms with Gasteiger partial charge in [0.2, 0.25) is 0 Å². The lowest BCUT2D eigenvalue weighted by molar-refractivity contribution is -0.149. The van der Waals surface area contributed by atoms with Gasteiger partial charge in [0.15, 0.2) is 0 Å². The second-order valence-electron chi connectivity index (χ2n) is 5.46. The van der Waals surface area contributed by atoms with Crippen molar-refractivity contribution in [2.24, 2.45) is 11.7 Å². The van der Waals surface area contributed by atoms with E-state index in [2.05, 4.69) is 0 Å². The molecule has 114 valence electrons. The molecule has 0 aliphatic carbocycles. The number of fused-ring (bicyclic) bond motifs is 1. The Hall–Kier alpha value is -1.75. The zero-order valence-corrected chi connectivity index (χ0v) is 11.9. The van der Waals surface area contributed by atoms with E-state index in [-0.39, 0.29) is 17.2 Å².